The van der Waals surface area contributed by atoms with E-state index in [2.05, 4.69) is 4.99 Å². The summed E-state index contributed by atoms with van der Waals surface area (Å²) >= 11 is 0. The van der Waals surface area contributed by atoms with Crippen molar-refractivity contribution < 1.29 is 9.84 Å². The molecule has 0 saturated carbocycles. The van der Waals surface area contributed by atoms with Crippen molar-refractivity contribution in [2.45, 2.75) is 6.73 Å². The third-order valence-corrected chi connectivity index (χ3v) is 5.42. The van der Waals surface area contributed by atoms with Crippen LogP contribution in [0.5, 0.6) is 5.88 Å². The highest BCUT2D eigenvalue weighted by Gasteiger charge is 2.22. The van der Waals surface area contributed by atoms with E-state index in [0.29, 0.717) is 16.5 Å². The van der Waals surface area contributed by atoms with E-state index in [1.54, 1.807) is 20.4 Å². The molecule has 0 unspecified atom stereocenters. The number of para-hydroxylation sites is 2. The van der Waals surface area contributed by atoms with Crippen molar-refractivity contribution >= 4 is 45.4 Å². The first-order valence-electron chi connectivity index (χ1n) is 9.29. The number of aliphatic imine (C=N–C) groups is 1. The molecule has 2 aromatic carbocycles. The van der Waals surface area contributed by atoms with Gasteiger partial charge in [-0.05, 0) is 18.2 Å². The molecule has 5 rings (SSSR count). The Kier molecular flexibility index (Phi) is 3.89. The summed E-state index contributed by atoms with van der Waals surface area (Å²) in [5, 5.41) is 12.5. The minimum Gasteiger partial charge on any atom is -0.494 e. The quantitative estimate of drug-likeness (QED) is 0.578. The first-order valence-corrected chi connectivity index (χ1v) is 9.29. The maximum absolute atomic E-state index is 13.1. The summed E-state index contributed by atoms with van der Waals surface area (Å²) < 4.78 is 8.49. The Hall–Kier alpha value is -3.64. The Morgan fingerprint density at radius 3 is 2.72 bits per heavy atom. The zero-order chi connectivity index (χ0) is 20.1. The number of aromatic nitrogens is 2. The molecule has 1 aliphatic rings. The summed E-state index contributed by atoms with van der Waals surface area (Å²) in [5.74, 6) is -0.0758. The molecular weight excluding hydrogens is 366 g/mol. The number of aromatic hydroxyl groups is 1. The van der Waals surface area contributed by atoms with Crippen molar-refractivity contribution in [1.82, 2.24) is 9.13 Å². The van der Waals surface area contributed by atoms with Crippen LogP contribution >= 0.6 is 0 Å². The lowest BCUT2D eigenvalue weighted by Gasteiger charge is -2.11. The van der Waals surface area contributed by atoms with Gasteiger partial charge in [0.05, 0.1) is 11.2 Å². The molecular formula is C23H19N3O3. The van der Waals surface area contributed by atoms with Crippen LogP contribution in [0.25, 0.3) is 33.5 Å². The molecule has 0 spiro atoms. The molecule has 6 nitrogen and oxygen atoms in total. The summed E-state index contributed by atoms with van der Waals surface area (Å²) in [5.41, 5.74) is 4.48. The zero-order valence-electron chi connectivity index (χ0n) is 16.1. The average Bonchev–Trinajstić information content (AvgIpc) is 3.29. The van der Waals surface area contributed by atoms with Gasteiger partial charge in [-0.1, -0.05) is 36.4 Å². The van der Waals surface area contributed by atoms with Crippen LogP contribution in [-0.2, 0) is 18.5 Å². The van der Waals surface area contributed by atoms with E-state index in [1.165, 1.54) is 4.57 Å². The van der Waals surface area contributed by atoms with E-state index < -0.39 is 0 Å². The van der Waals surface area contributed by atoms with Crippen molar-refractivity contribution in [2.75, 3.05) is 7.11 Å². The molecule has 3 heterocycles. The average molecular weight is 385 g/mol. The summed E-state index contributed by atoms with van der Waals surface area (Å²) in [6, 6.07) is 15.6. The first kappa shape index (κ1) is 17.5. The maximum Gasteiger partial charge on any atom is 0.277 e. The SMILES string of the molecule is COCn1c2ccccc2c2c(/C=C3\C=Nc4ccccc43)c(O)n(C)c(=O)c21. The topological polar surface area (TPSA) is 68.8 Å². The molecule has 6 heteroatoms. The Bertz CT molecular complexity index is 1410. The minimum atomic E-state index is -0.270. The van der Waals surface area contributed by atoms with Gasteiger partial charge in [0, 0.05) is 47.8 Å². The van der Waals surface area contributed by atoms with Gasteiger partial charge in [-0.15, -0.1) is 0 Å². The highest BCUT2D eigenvalue weighted by Crippen LogP contribution is 2.38. The first-order chi connectivity index (χ1) is 14.1. The van der Waals surface area contributed by atoms with Gasteiger partial charge in [0.1, 0.15) is 12.2 Å². The summed E-state index contributed by atoms with van der Waals surface area (Å²) in [4.78, 5) is 17.5. The zero-order valence-corrected chi connectivity index (χ0v) is 16.1. The monoisotopic (exact) mass is 385 g/mol. The van der Waals surface area contributed by atoms with Gasteiger partial charge in [0.15, 0.2) is 0 Å². The number of pyridine rings is 1. The van der Waals surface area contributed by atoms with E-state index in [9.17, 15) is 9.90 Å². The van der Waals surface area contributed by atoms with Crippen molar-refractivity contribution in [1.29, 1.82) is 0 Å². The number of methoxy groups -OCH3 is 1. The molecule has 0 amide bonds. The maximum atomic E-state index is 13.1. The number of hydrogen-bond acceptors (Lipinski definition) is 4. The fourth-order valence-electron chi connectivity index (χ4n) is 4.06. The second-order valence-corrected chi connectivity index (χ2v) is 7.06. The summed E-state index contributed by atoms with van der Waals surface area (Å²) in [6.07, 6.45) is 3.69. The fourth-order valence-corrected chi connectivity index (χ4v) is 4.06. The Morgan fingerprint density at radius 2 is 1.90 bits per heavy atom. The molecule has 0 fully saturated rings. The number of fused-ring (bicyclic) bond motifs is 4. The van der Waals surface area contributed by atoms with Gasteiger partial charge in [-0.25, -0.2) is 0 Å². The van der Waals surface area contributed by atoms with Crippen LogP contribution in [0.3, 0.4) is 0 Å². The van der Waals surface area contributed by atoms with Crippen molar-refractivity contribution in [3.05, 3.63) is 70.0 Å². The molecule has 0 saturated heterocycles. The van der Waals surface area contributed by atoms with Gasteiger partial charge >= 0.3 is 0 Å². The van der Waals surface area contributed by atoms with E-state index in [4.69, 9.17) is 4.74 Å². The van der Waals surface area contributed by atoms with Gasteiger partial charge < -0.3 is 14.4 Å². The molecule has 4 aromatic rings. The second-order valence-electron chi connectivity index (χ2n) is 7.06. The predicted octanol–water partition coefficient (Wildman–Crippen LogP) is 4.06. The van der Waals surface area contributed by atoms with Gasteiger partial charge in [-0.3, -0.25) is 14.4 Å². The fraction of sp³-hybridized carbons (Fsp3) is 0.130. The third kappa shape index (κ3) is 2.46. The largest absolute Gasteiger partial charge is 0.494 e. The normalized spacial score (nSPS) is 14.3. The number of ether oxygens (including phenoxy) is 1. The molecule has 2 aromatic heterocycles. The molecule has 0 aliphatic carbocycles. The highest BCUT2D eigenvalue weighted by atomic mass is 16.5. The summed E-state index contributed by atoms with van der Waals surface area (Å²) in [6.45, 7) is 0.240. The Morgan fingerprint density at radius 1 is 1.14 bits per heavy atom. The van der Waals surface area contributed by atoms with Crippen LogP contribution in [-0.4, -0.2) is 27.6 Å². The molecule has 144 valence electrons. The van der Waals surface area contributed by atoms with Gasteiger partial charge in [0.2, 0.25) is 5.88 Å². The van der Waals surface area contributed by atoms with E-state index >= 15 is 0 Å². The third-order valence-electron chi connectivity index (χ3n) is 5.42. The van der Waals surface area contributed by atoms with E-state index in [-0.39, 0.29) is 18.2 Å². The highest BCUT2D eigenvalue weighted by molar-refractivity contribution is 6.24. The van der Waals surface area contributed by atoms with Gasteiger partial charge in [0.25, 0.3) is 5.56 Å². The van der Waals surface area contributed by atoms with Crippen LogP contribution in [0.2, 0.25) is 0 Å². The van der Waals surface area contributed by atoms with E-state index in [1.807, 2.05) is 59.2 Å². The van der Waals surface area contributed by atoms with Crippen LogP contribution in [0.15, 0.2) is 58.3 Å². The van der Waals surface area contributed by atoms with Crippen LogP contribution in [0.4, 0.5) is 5.69 Å². The number of hydrogen-bond donors (Lipinski definition) is 1. The number of nitrogens with zero attached hydrogens (tertiary/aromatic N) is 3. The molecule has 1 aliphatic heterocycles. The van der Waals surface area contributed by atoms with Crippen molar-refractivity contribution in [2.24, 2.45) is 12.0 Å². The molecule has 0 bridgehead atoms. The van der Waals surface area contributed by atoms with Crippen molar-refractivity contribution in [3.63, 3.8) is 0 Å². The molecule has 29 heavy (non-hydrogen) atoms. The number of rotatable bonds is 3. The predicted molar refractivity (Wildman–Crippen MR) is 116 cm³/mol. The number of benzene rings is 2. The lowest BCUT2D eigenvalue weighted by Crippen LogP contribution is -2.20. The standard InChI is InChI=1S/C23H19N3O3/c1-25-22(27)17(11-14-12-24-18-9-5-3-7-15(14)18)20-16-8-4-6-10-19(16)26(13-29-2)21(20)23(25)28/h3-12,27H,13H2,1-2H3/b14-11+. The van der Waals surface area contributed by atoms with Crippen LogP contribution in [0.1, 0.15) is 11.1 Å². The lowest BCUT2D eigenvalue weighted by atomic mass is 10.0. The molecule has 0 atom stereocenters. The summed E-state index contributed by atoms with van der Waals surface area (Å²) in [7, 11) is 3.17. The van der Waals surface area contributed by atoms with E-state index in [0.717, 1.165) is 27.7 Å². The van der Waals surface area contributed by atoms with Crippen LogP contribution in [0, 0.1) is 0 Å². The van der Waals surface area contributed by atoms with Crippen molar-refractivity contribution in [3.8, 4) is 5.88 Å². The smallest absolute Gasteiger partial charge is 0.277 e. The molecule has 0 radical (unpaired) electrons. The van der Waals surface area contributed by atoms with Crippen LogP contribution < -0.4 is 5.56 Å². The Labute approximate surface area is 166 Å². The molecule has 1 N–H and O–H groups in total. The minimum absolute atomic E-state index is 0.0758. The Balaban J connectivity index is 1.93. The van der Waals surface area contributed by atoms with Gasteiger partial charge in [-0.2, -0.15) is 0 Å². The second kappa shape index (κ2) is 6.46. The lowest BCUT2D eigenvalue weighted by molar-refractivity contribution is 0.138. The number of allylic oxidation sites excluding steroid dienone is 1.